The molecule has 2 aliphatic carbocycles. The summed E-state index contributed by atoms with van der Waals surface area (Å²) < 4.78 is 5.73. The Morgan fingerprint density at radius 3 is 3.00 bits per heavy atom. The maximum Gasteiger partial charge on any atom is 0.112 e. The molecular weight excluding hydrogens is 196 g/mol. The summed E-state index contributed by atoms with van der Waals surface area (Å²) in [5.74, 6) is 2.73. The van der Waals surface area contributed by atoms with E-state index in [2.05, 4.69) is 32.9 Å². The van der Waals surface area contributed by atoms with Crippen LogP contribution >= 0.6 is 0 Å². The lowest BCUT2D eigenvalue weighted by Crippen LogP contribution is -2.40. The topological polar surface area (TPSA) is 13.1 Å². The van der Waals surface area contributed by atoms with E-state index in [0.717, 1.165) is 11.8 Å². The summed E-state index contributed by atoms with van der Waals surface area (Å²) in [5.41, 5.74) is 3.21. The fraction of sp³-hybridized carbons (Fsp3) is 0.600. The highest BCUT2D eigenvalue weighted by atomic mass is 16.3. The molecular formula is C15H20O. The minimum absolute atomic E-state index is 0.207. The molecule has 0 saturated heterocycles. The third-order valence-electron chi connectivity index (χ3n) is 4.58. The quantitative estimate of drug-likeness (QED) is 0.595. The highest BCUT2D eigenvalue weighted by molar-refractivity contribution is 5.32. The number of hydrogen-bond donors (Lipinski definition) is 0. The Balaban J connectivity index is 2.08. The Labute approximate surface area is 97.5 Å². The highest BCUT2D eigenvalue weighted by Crippen LogP contribution is 2.49. The summed E-state index contributed by atoms with van der Waals surface area (Å²) in [4.78, 5) is 0. The van der Waals surface area contributed by atoms with Crippen molar-refractivity contribution in [3.8, 4) is 0 Å². The van der Waals surface area contributed by atoms with Gasteiger partial charge in [-0.2, -0.15) is 0 Å². The van der Waals surface area contributed by atoms with Gasteiger partial charge in [-0.05, 0) is 49.7 Å². The molecule has 2 aliphatic rings. The van der Waals surface area contributed by atoms with Crippen molar-refractivity contribution < 1.29 is 4.42 Å². The first-order valence-electron chi connectivity index (χ1n) is 6.33. The van der Waals surface area contributed by atoms with Crippen molar-refractivity contribution in [1.82, 2.24) is 0 Å². The SMILES string of the molecule is CC1=C[C@@H]2Cc3ccoc3C(C)(C)[C@H]2CC1. The van der Waals surface area contributed by atoms with E-state index in [1.54, 1.807) is 5.57 Å². The Morgan fingerprint density at radius 1 is 1.38 bits per heavy atom. The van der Waals surface area contributed by atoms with Crippen molar-refractivity contribution in [3.05, 3.63) is 35.3 Å². The van der Waals surface area contributed by atoms with Crippen LogP contribution in [0.15, 0.2) is 28.4 Å². The average Bonchev–Trinajstić information content (AvgIpc) is 2.65. The molecule has 0 aromatic carbocycles. The maximum atomic E-state index is 5.73. The first kappa shape index (κ1) is 10.2. The van der Waals surface area contributed by atoms with Crippen LogP contribution in [0.25, 0.3) is 0 Å². The fourth-order valence-electron chi connectivity index (χ4n) is 3.74. The molecule has 0 saturated carbocycles. The van der Waals surface area contributed by atoms with Crippen LogP contribution in [0.1, 0.15) is 44.9 Å². The van der Waals surface area contributed by atoms with Crippen LogP contribution in [-0.4, -0.2) is 0 Å². The van der Waals surface area contributed by atoms with E-state index in [4.69, 9.17) is 4.42 Å². The minimum atomic E-state index is 0.207. The van der Waals surface area contributed by atoms with Gasteiger partial charge in [0.2, 0.25) is 0 Å². The molecule has 3 rings (SSSR count). The van der Waals surface area contributed by atoms with Crippen LogP contribution in [-0.2, 0) is 11.8 Å². The van der Waals surface area contributed by atoms with Crippen LogP contribution in [0.2, 0.25) is 0 Å². The highest BCUT2D eigenvalue weighted by Gasteiger charge is 2.44. The van der Waals surface area contributed by atoms with Crippen molar-refractivity contribution in [2.75, 3.05) is 0 Å². The maximum absolute atomic E-state index is 5.73. The Morgan fingerprint density at radius 2 is 2.19 bits per heavy atom. The zero-order chi connectivity index (χ0) is 11.3. The molecule has 0 fully saturated rings. The van der Waals surface area contributed by atoms with Crippen molar-refractivity contribution >= 4 is 0 Å². The number of rotatable bonds is 0. The van der Waals surface area contributed by atoms with E-state index in [-0.39, 0.29) is 5.41 Å². The van der Waals surface area contributed by atoms with Gasteiger partial charge in [-0.1, -0.05) is 25.5 Å². The van der Waals surface area contributed by atoms with Gasteiger partial charge in [-0.3, -0.25) is 0 Å². The van der Waals surface area contributed by atoms with E-state index in [1.165, 1.54) is 30.6 Å². The van der Waals surface area contributed by atoms with Crippen LogP contribution in [0.4, 0.5) is 0 Å². The molecule has 1 aromatic heterocycles. The largest absolute Gasteiger partial charge is 0.468 e. The van der Waals surface area contributed by atoms with Crippen LogP contribution < -0.4 is 0 Å². The third kappa shape index (κ3) is 1.30. The molecule has 0 spiro atoms. The van der Waals surface area contributed by atoms with Crippen LogP contribution in [0.5, 0.6) is 0 Å². The fourth-order valence-corrected chi connectivity index (χ4v) is 3.74. The van der Waals surface area contributed by atoms with Gasteiger partial charge in [0.25, 0.3) is 0 Å². The first-order chi connectivity index (χ1) is 7.59. The predicted octanol–water partition coefficient (Wildman–Crippen LogP) is 4.09. The van der Waals surface area contributed by atoms with E-state index >= 15 is 0 Å². The third-order valence-corrected chi connectivity index (χ3v) is 4.58. The van der Waals surface area contributed by atoms with E-state index in [9.17, 15) is 0 Å². The smallest absolute Gasteiger partial charge is 0.112 e. The molecule has 86 valence electrons. The van der Waals surface area contributed by atoms with Gasteiger partial charge in [0.05, 0.1) is 6.26 Å². The molecule has 1 nitrogen and oxygen atoms in total. The molecule has 1 heteroatoms. The number of hydrogen-bond acceptors (Lipinski definition) is 1. The van der Waals surface area contributed by atoms with Gasteiger partial charge in [0.15, 0.2) is 0 Å². The molecule has 0 aliphatic heterocycles. The van der Waals surface area contributed by atoms with E-state index in [0.29, 0.717) is 0 Å². The van der Waals surface area contributed by atoms with E-state index in [1.807, 2.05) is 6.26 Å². The summed E-state index contributed by atoms with van der Waals surface area (Å²) in [6.45, 7) is 6.97. The lowest BCUT2D eigenvalue weighted by Gasteiger charge is -2.44. The first-order valence-corrected chi connectivity index (χ1v) is 6.33. The summed E-state index contributed by atoms with van der Waals surface area (Å²) in [6.07, 6.45) is 8.13. The number of furan rings is 1. The summed E-state index contributed by atoms with van der Waals surface area (Å²) in [7, 11) is 0. The molecule has 1 aromatic rings. The van der Waals surface area contributed by atoms with Gasteiger partial charge < -0.3 is 4.42 Å². The van der Waals surface area contributed by atoms with Gasteiger partial charge in [-0.15, -0.1) is 0 Å². The summed E-state index contributed by atoms with van der Waals surface area (Å²) in [5, 5.41) is 0. The molecule has 2 atom stereocenters. The molecule has 0 amide bonds. The van der Waals surface area contributed by atoms with Crippen molar-refractivity contribution in [1.29, 1.82) is 0 Å². The standard InChI is InChI=1S/C15H20O/c1-10-4-5-13-12(8-10)9-11-6-7-16-14(11)15(13,2)3/h6-8,12-13H,4-5,9H2,1-3H3/t12-,13+/m1/s1. The van der Waals surface area contributed by atoms with E-state index < -0.39 is 0 Å². The van der Waals surface area contributed by atoms with Crippen molar-refractivity contribution in [2.45, 2.75) is 45.4 Å². The zero-order valence-electron chi connectivity index (χ0n) is 10.4. The van der Waals surface area contributed by atoms with Gasteiger partial charge in [-0.25, -0.2) is 0 Å². The minimum Gasteiger partial charge on any atom is -0.468 e. The monoisotopic (exact) mass is 216 g/mol. The molecule has 0 bridgehead atoms. The normalized spacial score (nSPS) is 31.6. The van der Waals surface area contributed by atoms with Crippen LogP contribution in [0, 0.1) is 11.8 Å². The number of fused-ring (bicyclic) bond motifs is 2. The summed E-state index contributed by atoms with van der Waals surface area (Å²) >= 11 is 0. The second kappa shape index (κ2) is 3.26. The lowest BCUT2D eigenvalue weighted by molar-refractivity contribution is 0.169. The van der Waals surface area contributed by atoms with Crippen molar-refractivity contribution in [2.24, 2.45) is 11.8 Å². The molecule has 1 heterocycles. The molecule has 16 heavy (non-hydrogen) atoms. The van der Waals surface area contributed by atoms with Crippen molar-refractivity contribution in [3.63, 3.8) is 0 Å². The van der Waals surface area contributed by atoms with Crippen LogP contribution in [0.3, 0.4) is 0 Å². The molecule has 0 N–H and O–H groups in total. The zero-order valence-corrected chi connectivity index (χ0v) is 10.4. The Hall–Kier alpha value is -0.980. The average molecular weight is 216 g/mol. The van der Waals surface area contributed by atoms with Gasteiger partial charge in [0, 0.05) is 5.41 Å². The Kier molecular flexibility index (Phi) is 2.07. The lowest BCUT2D eigenvalue weighted by atomic mass is 9.60. The molecule has 0 unspecified atom stereocenters. The second-order valence-corrected chi connectivity index (χ2v) is 6.02. The molecule has 0 radical (unpaired) electrons. The Bertz CT molecular complexity index is 436. The summed E-state index contributed by atoms with van der Waals surface area (Å²) in [6, 6.07) is 2.16. The predicted molar refractivity (Wildman–Crippen MR) is 65.4 cm³/mol. The van der Waals surface area contributed by atoms with Gasteiger partial charge >= 0.3 is 0 Å². The second-order valence-electron chi connectivity index (χ2n) is 6.02. The van der Waals surface area contributed by atoms with Gasteiger partial charge in [0.1, 0.15) is 5.76 Å². The number of allylic oxidation sites excluding steroid dienone is 2.